The molecule has 1 unspecified atom stereocenters. The van der Waals surface area contributed by atoms with Crippen molar-refractivity contribution in [2.45, 2.75) is 31.4 Å². The first-order chi connectivity index (χ1) is 8.00. The molecule has 0 radical (unpaired) electrons. The predicted octanol–water partition coefficient (Wildman–Crippen LogP) is 3.93. The molecule has 17 heavy (non-hydrogen) atoms. The van der Waals surface area contributed by atoms with Crippen molar-refractivity contribution in [3.8, 4) is 0 Å². The topological polar surface area (TPSA) is 38.0 Å². The van der Waals surface area contributed by atoms with Crippen molar-refractivity contribution in [3.05, 3.63) is 22.7 Å². The monoisotopic (exact) mass is 270 g/mol. The van der Waals surface area contributed by atoms with Crippen LogP contribution in [0.5, 0.6) is 0 Å². The number of anilines is 2. The molecule has 1 saturated heterocycles. The van der Waals surface area contributed by atoms with E-state index in [0.29, 0.717) is 15.5 Å². The van der Waals surface area contributed by atoms with Gasteiger partial charge in [-0.2, -0.15) is 11.8 Å². The normalized spacial score (nSPS) is 23.9. The van der Waals surface area contributed by atoms with E-state index >= 15 is 0 Å². The molecule has 0 aromatic heterocycles. The van der Waals surface area contributed by atoms with Gasteiger partial charge in [0.15, 0.2) is 0 Å². The molecule has 0 bridgehead atoms. The summed E-state index contributed by atoms with van der Waals surface area (Å²) in [5.74, 6) is 1.28. The minimum atomic E-state index is 0.361. The molecule has 1 fully saturated rings. The average molecular weight is 271 g/mol. The van der Waals surface area contributed by atoms with E-state index in [4.69, 9.17) is 17.3 Å². The van der Waals surface area contributed by atoms with Gasteiger partial charge in [-0.1, -0.05) is 11.6 Å². The first kappa shape index (κ1) is 12.9. The summed E-state index contributed by atoms with van der Waals surface area (Å²) in [4.78, 5) is 0. The molecule has 0 aliphatic carbocycles. The fraction of sp³-hybridized carbons (Fsp3) is 0.538. The summed E-state index contributed by atoms with van der Waals surface area (Å²) < 4.78 is 0.361. The molecule has 3 N–H and O–H groups in total. The minimum Gasteiger partial charge on any atom is -0.398 e. The molecular weight excluding hydrogens is 252 g/mol. The molecule has 4 heteroatoms. The van der Waals surface area contributed by atoms with Crippen LogP contribution in [0.25, 0.3) is 0 Å². The van der Waals surface area contributed by atoms with Crippen LogP contribution in [0.1, 0.15) is 25.3 Å². The number of nitrogens with two attached hydrogens (primary N) is 1. The summed E-state index contributed by atoms with van der Waals surface area (Å²) >= 11 is 8.10. The van der Waals surface area contributed by atoms with E-state index in [2.05, 4.69) is 30.9 Å². The summed E-state index contributed by atoms with van der Waals surface area (Å²) in [7, 11) is 0. The highest BCUT2D eigenvalue weighted by atomic mass is 35.5. The lowest BCUT2D eigenvalue weighted by Gasteiger charge is -2.24. The number of aryl methyl sites for hydroxylation is 1. The fourth-order valence-corrected chi connectivity index (χ4v) is 3.56. The number of benzene rings is 1. The summed E-state index contributed by atoms with van der Waals surface area (Å²) in [6, 6.07) is 3.85. The van der Waals surface area contributed by atoms with Gasteiger partial charge in [-0.15, -0.1) is 0 Å². The summed E-state index contributed by atoms with van der Waals surface area (Å²) in [6.45, 7) is 5.36. The second kappa shape index (κ2) is 4.99. The Morgan fingerprint density at radius 2 is 2.29 bits per heavy atom. The van der Waals surface area contributed by atoms with Gasteiger partial charge in [-0.25, -0.2) is 0 Å². The quantitative estimate of drug-likeness (QED) is 0.818. The van der Waals surface area contributed by atoms with Crippen molar-refractivity contribution in [1.29, 1.82) is 0 Å². The Balaban J connectivity index is 2.06. The molecule has 2 nitrogen and oxygen atoms in total. The third kappa shape index (κ3) is 3.02. The van der Waals surface area contributed by atoms with E-state index in [1.54, 1.807) is 0 Å². The first-order valence-electron chi connectivity index (χ1n) is 5.94. The molecule has 2 rings (SSSR count). The molecular formula is C13H19ClN2S. The number of rotatable bonds is 3. The molecule has 0 amide bonds. The van der Waals surface area contributed by atoms with Gasteiger partial charge in [0, 0.05) is 17.0 Å². The average Bonchev–Trinajstić information content (AvgIpc) is 2.69. The number of nitrogens with one attached hydrogen (secondary N) is 1. The van der Waals surface area contributed by atoms with Crippen molar-refractivity contribution in [1.82, 2.24) is 0 Å². The van der Waals surface area contributed by atoms with E-state index in [9.17, 15) is 0 Å². The van der Waals surface area contributed by atoms with Crippen LogP contribution in [-0.4, -0.2) is 17.0 Å². The molecule has 1 aromatic rings. The predicted molar refractivity (Wildman–Crippen MR) is 79.2 cm³/mol. The van der Waals surface area contributed by atoms with Crippen LogP contribution in [-0.2, 0) is 0 Å². The van der Waals surface area contributed by atoms with Crippen molar-refractivity contribution >= 4 is 34.7 Å². The zero-order chi connectivity index (χ0) is 12.5. The summed E-state index contributed by atoms with van der Waals surface area (Å²) in [5.41, 5.74) is 8.67. The van der Waals surface area contributed by atoms with E-state index in [1.165, 1.54) is 18.6 Å². The highest BCUT2D eigenvalue weighted by Crippen LogP contribution is 2.38. The van der Waals surface area contributed by atoms with Gasteiger partial charge in [0.1, 0.15) is 0 Å². The van der Waals surface area contributed by atoms with Crippen LogP contribution in [0.3, 0.4) is 0 Å². The van der Waals surface area contributed by atoms with E-state index < -0.39 is 0 Å². The van der Waals surface area contributed by atoms with Crippen LogP contribution in [0.15, 0.2) is 12.1 Å². The maximum absolute atomic E-state index is 6.05. The van der Waals surface area contributed by atoms with E-state index in [0.717, 1.165) is 17.8 Å². The lowest BCUT2D eigenvalue weighted by Crippen LogP contribution is -2.27. The zero-order valence-corrected chi connectivity index (χ0v) is 11.9. The van der Waals surface area contributed by atoms with Crippen LogP contribution in [0.4, 0.5) is 11.4 Å². The Hall–Kier alpha value is -0.540. The third-order valence-electron chi connectivity index (χ3n) is 3.30. The number of hydrogen-bond acceptors (Lipinski definition) is 3. The first-order valence-corrected chi connectivity index (χ1v) is 7.30. The van der Waals surface area contributed by atoms with Crippen molar-refractivity contribution in [2.75, 3.05) is 23.3 Å². The second-order valence-electron chi connectivity index (χ2n) is 4.94. The Bertz CT molecular complexity index is 414. The maximum atomic E-state index is 6.05. The smallest absolute Gasteiger partial charge is 0.0656 e. The molecule has 1 aliphatic rings. The Kier molecular flexibility index (Phi) is 3.79. The minimum absolute atomic E-state index is 0.361. The SMILES string of the molecule is Cc1cc(N)c(Cl)cc1NCC1(C)CCCS1. The second-order valence-corrected chi connectivity index (χ2v) is 7.03. The van der Waals surface area contributed by atoms with Crippen LogP contribution < -0.4 is 11.1 Å². The van der Waals surface area contributed by atoms with Gasteiger partial charge in [-0.05, 0) is 50.1 Å². The lowest BCUT2D eigenvalue weighted by molar-refractivity contribution is 0.634. The van der Waals surface area contributed by atoms with Crippen molar-refractivity contribution in [3.63, 3.8) is 0 Å². The lowest BCUT2D eigenvalue weighted by atomic mass is 10.1. The number of thioether (sulfide) groups is 1. The molecule has 0 spiro atoms. The highest BCUT2D eigenvalue weighted by Gasteiger charge is 2.29. The molecule has 1 atom stereocenters. The number of nitrogen functional groups attached to an aromatic ring is 1. The maximum Gasteiger partial charge on any atom is 0.0656 e. The zero-order valence-electron chi connectivity index (χ0n) is 10.3. The summed E-state index contributed by atoms with van der Waals surface area (Å²) in [6.07, 6.45) is 2.61. The number of halogens is 1. The van der Waals surface area contributed by atoms with E-state index in [-0.39, 0.29) is 0 Å². The standard InChI is InChI=1S/C13H19ClN2S/c1-9-6-11(15)10(14)7-12(9)16-8-13(2)4-3-5-17-13/h6-7,16H,3-5,8,15H2,1-2H3. The van der Waals surface area contributed by atoms with Crippen molar-refractivity contribution in [2.24, 2.45) is 0 Å². The molecule has 1 heterocycles. The highest BCUT2D eigenvalue weighted by molar-refractivity contribution is 8.00. The van der Waals surface area contributed by atoms with Crippen LogP contribution in [0, 0.1) is 6.92 Å². The Morgan fingerprint density at radius 1 is 1.53 bits per heavy atom. The third-order valence-corrected chi connectivity index (χ3v) is 5.16. The van der Waals surface area contributed by atoms with Gasteiger partial charge < -0.3 is 11.1 Å². The Morgan fingerprint density at radius 3 is 2.94 bits per heavy atom. The van der Waals surface area contributed by atoms with E-state index in [1.807, 2.05) is 12.1 Å². The van der Waals surface area contributed by atoms with Gasteiger partial charge in [0.05, 0.1) is 10.7 Å². The van der Waals surface area contributed by atoms with Gasteiger partial charge in [-0.3, -0.25) is 0 Å². The van der Waals surface area contributed by atoms with Gasteiger partial charge in [0.2, 0.25) is 0 Å². The molecule has 1 aromatic carbocycles. The van der Waals surface area contributed by atoms with Crippen LogP contribution >= 0.6 is 23.4 Å². The Labute approximate surface area is 112 Å². The number of hydrogen-bond donors (Lipinski definition) is 2. The van der Waals surface area contributed by atoms with Crippen molar-refractivity contribution < 1.29 is 0 Å². The van der Waals surface area contributed by atoms with Gasteiger partial charge >= 0.3 is 0 Å². The molecule has 1 aliphatic heterocycles. The van der Waals surface area contributed by atoms with Crippen LogP contribution in [0.2, 0.25) is 5.02 Å². The molecule has 94 valence electrons. The van der Waals surface area contributed by atoms with Gasteiger partial charge in [0.25, 0.3) is 0 Å². The summed E-state index contributed by atoms with van der Waals surface area (Å²) in [5, 5.41) is 4.13. The molecule has 0 saturated carbocycles. The largest absolute Gasteiger partial charge is 0.398 e. The fourth-order valence-electron chi connectivity index (χ4n) is 2.15.